The minimum atomic E-state index is -1.06. The van der Waals surface area contributed by atoms with Crippen molar-refractivity contribution in [3.63, 3.8) is 0 Å². The van der Waals surface area contributed by atoms with Crippen LogP contribution in [0.3, 0.4) is 0 Å². The van der Waals surface area contributed by atoms with Crippen molar-refractivity contribution in [2.45, 2.75) is 6.04 Å². The van der Waals surface area contributed by atoms with Crippen LogP contribution in [-0.4, -0.2) is 23.7 Å². The van der Waals surface area contributed by atoms with Gasteiger partial charge >= 0.3 is 5.97 Å². The minimum absolute atomic E-state index is 0.0184. The van der Waals surface area contributed by atoms with Crippen LogP contribution in [0.1, 0.15) is 0 Å². The Morgan fingerprint density at radius 1 is 1.64 bits per heavy atom. The molecule has 5 heteroatoms. The average molecular weight is 307 g/mol. The predicted octanol–water partition coefficient (Wildman–Crippen LogP) is 1.08. The van der Waals surface area contributed by atoms with E-state index in [2.05, 4.69) is 22.6 Å². The first-order valence-electron chi connectivity index (χ1n) is 3.96. The molecule has 0 aromatic heterocycles. The van der Waals surface area contributed by atoms with Crippen LogP contribution in [0.2, 0.25) is 0 Å². The maximum absolute atomic E-state index is 10.4. The van der Waals surface area contributed by atoms with E-state index in [9.17, 15) is 4.79 Å². The maximum atomic E-state index is 10.4. The van der Waals surface area contributed by atoms with Crippen LogP contribution in [-0.2, 0) is 4.79 Å². The molecule has 76 valence electrons. The molecule has 1 unspecified atom stereocenters. The highest BCUT2D eigenvalue weighted by atomic mass is 127. The number of aliphatic carboxylic acids is 1. The van der Waals surface area contributed by atoms with E-state index in [1.807, 2.05) is 18.2 Å². The van der Waals surface area contributed by atoms with Crippen LogP contribution in [0.5, 0.6) is 5.75 Å². The molecule has 0 saturated carbocycles. The van der Waals surface area contributed by atoms with Gasteiger partial charge < -0.3 is 15.6 Å². The molecule has 0 radical (unpaired) electrons. The molecule has 0 heterocycles. The van der Waals surface area contributed by atoms with Crippen LogP contribution < -0.4 is 10.5 Å². The Labute approximate surface area is 95.2 Å². The fourth-order valence-corrected chi connectivity index (χ4v) is 1.33. The van der Waals surface area contributed by atoms with Gasteiger partial charge in [-0.1, -0.05) is 6.07 Å². The highest BCUT2D eigenvalue weighted by Crippen LogP contribution is 2.14. The number of halogens is 1. The largest absolute Gasteiger partial charge is 0.491 e. The summed E-state index contributed by atoms with van der Waals surface area (Å²) in [6.45, 7) is -0.0184. The van der Waals surface area contributed by atoms with E-state index in [-0.39, 0.29) is 6.61 Å². The van der Waals surface area contributed by atoms with Gasteiger partial charge in [0.1, 0.15) is 18.4 Å². The summed E-state index contributed by atoms with van der Waals surface area (Å²) >= 11 is 2.15. The van der Waals surface area contributed by atoms with Gasteiger partial charge in [-0.05, 0) is 40.8 Å². The second-order valence-electron chi connectivity index (χ2n) is 2.71. The Bertz CT molecular complexity index is 330. The molecule has 1 rings (SSSR count). The van der Waals surface area contributed by atoms with Gasteiger partial charge in [-0.3, -0.25) is 4.79 Å². The van der Waals surface area contributed by atoms with Gasteiger partial charge in [0.25, 0.3) is 0 Å². The summed E-state index contributed by atoms with van der Waals surface area (Å²) in [4.78, 5) is 10.4. The molecule has 0 aliphatic carbocycles. The topological polar surface area (TPSA) is 72.5 Å². The van der Waals surface area contributed by atoms with Crippen LogP contribution >= 0.6 is 22.6 Å². The van der Waals surface area contributed by atoms with Gasteiger partial charge in [0.05, 0.1) is 0 Å². The Morgan fingerprint density at radius 2 is 2.36 bits per heavy atom. The lowest BCUT2D eigenvalue weighted by molar-refractivity contribution is -0.139. The van der Waals surface area contributed by atoms with E-state index in [1.54, 1.807) is 6.07 Å². The van der Waals surface area contributed by atoms with Gasteiger partial charge in [0, 0.05) is 3.57 Å². The smallest absolute Gasteiger partial charge is 0.324 e. The predicted molar refractivity (Wildman–Crippen MR) is 60.3 cm³/mol. The summed E-state index contributed by atoms with van der Waals surface area (Å²) in [7, 11) is 0. The highest BCUT2D eigenvalue weighted by molar-refractivity contribution is 14.1. The van der Waals surface area contributed by atoms with Crippen molar-refractivity contribution >= 4 is 28.6 Å². The van der Waals surface area contributed by atoms with Crippen molar-refractivity contribution in [3.8, 4) is 5.75 Å². The molecule has 0 bridgehead atoms. The Balaban J connectivity index is 2.49. The first-order valence-corrected chi connectivity index (χ1v) is 5.04. The highest BCUT2D eigenvalue weighted by Gasteiger charge is 2.11. The van der Waals surface area contributed by atoms with Crippen LogP contribution in [0.25, 0.3) is 0 Å². The molecular formula is C9H10INO3. The van der Waals surface area contributed by atoms with Crippen LogP contribution in [0, 0.1) is 3.57 Å². The number of hydrogen-bond acceptors (Lipinski definition) is 3. The number of carboxylic acid groups (broad SMARTS) is 1. The monoisotopic (exact) mass is 307 g/mol. The second kappa shape index (κ2) is 5.16. The van der Waals surface area contributed by atoms with Crippen molar-refractivity contribution < 1.29 is 14.6 Å². The summed E-state index contributed by atoms with van der Waals surface area (Å²) in [5, 5.41) is 8.51. The van der Waals surface area contributed by atoms with E-state index in [1.165, 1.54) is 0 Å². The van der Waals surface area contributed by atoms with Gasteiger partial charge in [-0.2, -0.15) is 0 Å². The SMILES string of the molecule is NC(COc1cccc(I)c1)C(=O)O. The molecule has 0 saturated heterocycles. The van der Waals surface area contributed by atoms with Crippen molar-refractivity contribution in [2.24, 2.45) is 5.73 Å². The summed E-state index contributed by atoms with van der Waals surface area (Å²) in [6, 6.07) is 6.35. The summed E-state index contributed by atoms with van der Waals surface area (Å²) in [5.41, 5.74) is 5.28. The van der Waals surface area contributed by atoms with Gasteiger partial charge in [0.2, 0.25) is 0 Å². The lowest BCUT2D eigenvalue weighted by Gasteiger charge is -2.09. The molecule has 0 fully saturated rings. The van der Waals surface area contributed by atoms with E-state index < -0.39 is 12.0 Å². The number of benzene rings is 1. The third-order valence-corrected chi connectivity index (χ3v) is 2.21. The molecule has 14 heavy (non-hydrogen) atoms. The van der Waals surface area contributed by atoms with E-state index in [4.69, 9.17) is 15.6 Å². The Hall–Kier alpha value is -0.820. The Kier molecular flexibility index (Phi) is 4.15. The quantitative estimate of drug-likeness (QED) is 0.817. The second-order valence-corrected chi connectivity index (χ2v) is 3.96. The van der Waals surface area contributed by atoms with Gasteiger partial charge in [0.15, 0.2) is 0 Å². The standard InChI is InChI=1S/C9H10INO3/c10-6-2-1-3-7(4-6)14-5-8(11)9(12)13/h1-4,8H,5,11H2,(H,12,13). The van der Waals surface area contributed by atoms with Crippen molar-refractivity contribution in [1.29, 1.82) is 0 Å². The molecule has 0 amide bonds. The fraction of sp³-hybridized carbons (Fsp3) is 0.222. The maximum Gasteiger partial charge on any atom is 0.324 e. The van der Waals surface area contributed by atoms with Crippen LogP contribution in [0.15, 0.2) is 24.3 Å². The van der Waals surface area contributed by atoms with Crippen LogP contribution in [0.4, 0.5) is 0 Å². The summed E-state index contributed by atoms with van der Waals surface area (Å²) < 4.78 is 6.23. The van der Waals surface area contributed by atoms with Gasteiger partial charge in [-0.15, -0.1) is 0 Å². The zero-order valence-electron chi connectivity index (χ0n) is 7.31. The molecular weight excluding hydrogens is 297 g/mol. The third-order valence-electron chi connectivity index (χ3n) is 1.54. The Morgan fingerprint density at radius 3 is 2.93 bits per heavy atom. The number of hydrogen-bond donors (Lipinski definition) is 2. The van der Waals surface area contributed by atoms with Gasteiger partial charge in [-0.25, -0.2) is 0 Å². The third kappa shape index (κ3) is 3.51. The number of carbonyl (C=O) groups is 1. The zero-order chi connectivity index (χ0) is 10.6. The first-order chi connectivity index (χ1) is 6.59. The first kappa shape index (κ1) is 11.3. The van der Waals surface area contributed by atoms with E-state index in [0.29, 0.717) is 5.75 Å². The molecule has 0 aliphatic rings. The fourth-order valence-electron chi connectivity index (χ4n) is 0.814. The van der Waals surface area contributed by atoms with Crippen molar-refractivity contribution in [3.05, 3.63) is 27.8 Å². The molecule has 0 spiro atoms. The molecule has 0 aliphatic heterocycles. The number of nitrogens with two attached hydrogens (primary N) is 1. The minimum Gasteiger partial charge on any atom is -0.491 e. The lowest BCUT2D eigenvalue weighted by Crippen LogP contribution is -2.36. The zero-order valence-corrected chi connectivity index (χ0v) is 9.47. The van der Waals surface area contributed by atoms with E-state index >= 15 is 0 Å². The molecule has 3 N–H and O–H groups in total. The number of carboxylic acids is 1. The molecule has 4 nitrogen and oxygen atoms in total. The molecule has 1 aromatic carbocycles. The van der Waals surface area contributed by atoms with E-state index in [0.717, 1.165) is 3.57 Å². The molecule has 1 atom stereocenters. The normalized spacial score (nSPS) is 12.1. The van der Waals surface area contributed by atoms with Crippen molar-refractivity contribution in [2.75, 3.05) is 6.61 Å². The molecule has 1 aromatic rings. The number of ether oxygens (including phenoxy) is 1. The number of rotatable bonds is 4. The summed E-state index contributed by atoms with van der Waals surface area (Å²) in [6.07, 6.45) is 0. The average Bonchev–Trinajstić information content (AvgIpc) is 2.14. The lowest BCUT2D eigenvalue weighted by atomic mass is 10.3. The summed E-state index contributed by atoms with van der Waals surface area (Å²) in [5.74, 6) is -0.427. The van der Waals surface area contributed by atoms with Crippen molar-refractivity contribution in [1.82, 2.24) is 0 Å².